The van der Waals surface area contributed by atoms with E-state index in [0.29, 0.717) is 11.3 Å². The first-order chi connectivity index (χ1) is 8.37. The second-order valence-corrected chi connectivity index (χ2v) is 6.85. The fraction of sp³-hybridized carbons (Fsp3) is 0.300. The van der Waals surface area contributed by atoms with Gasteiger partial charge in [0, 0.05) is 16.1 Å². The van der Waals surface area contributed by atoms with E-state index in [1.807, 2.05) is 0 Å². The average Bonchev–Trinajstić information content (AvgIpc) is 2.99. The normalized spacial score (nSPS) is 15.4. The Morgan fingerprint density at radius 3 is 2.67 bits per heavy atom. The highest BCUT2D eigenvalue weighted by atomic mass is 79.9. The minimum atomic E-state index is -3.58. The molecule has 0 amide bonds. The lowest BCUT2D eigenvalue weighted by atomic mass is 10.2. The number of anilines is 1. The van der Waals surface area contributed by atoms with Gasteiger partial charge in [0.05, 0.1) is 5.69 Å². The smallest absolute Gasteiger partial charge is 0.299 e. The zero-order chi connectivity index (χ0) is 13.3. The fourth-order valence-electron chi connectivity index (χ4n) is 1.41. The van der Waals surface area contributed by atoms with E-state index in [-0.39, 0.29) is 11.0 Å². The summed E-state index contributed by atoms with van der Waals surface area (Å²) in [7, 11) is -3.58. The van der Waals surface area contributed by atoms with Crippen molar-refractivity contribution in [1.29, 1.82) is 0 Å². The monoisotopic (exact) mass is 349 g/mol. The molecule has 18 heavy (non-hydrogen) atoms. The molecule has 0 radical (unpaired) electrons. The molecule has 8 heteroatoms. The Kier molecular flexibility index (Phi) is 3.90. The van der Waals surface area contributed by atoms with Gasteiger partial charge in [0.1, 0.15) is 4.99 Å². The number of thiocarbonyl (C=S) groups is 1. The molecule has 98 valence electrons. The highest BCUT2D eigenvalue weighted by Gasteiger charge is 2.27. The van der Waals surface area contributed by atoms with E-state index < -0.39 is 10.2 Å². The molecule has 0 aliphatic heterocycles. The molecule has 1 fully saturated rings. The first-order valence-corrected chi connectivity index (χ1v) is 7.95. The number of rotatable bonds is 5. The fourth-order valence-corrected chi connectivity index (χ4v) is 3.14. The summed E-state index contributed by atoms with van der Waals surface area (Å²) in [6.07, 6.45) is 1.75. The largest absolute Gasteiger partial charge is 0.389 e. The third-order valence-electron chi connectivity index (χ3n) is 2.39. The van der Waals surface area contributed by atoms with Gasteiger partial charge in [0.25, 0.3) is 10.2 Å². The number of nitrogens with one attached hydrogen (secondary N) is 2. The molecule has 1 aromatic carbocycles. The predicted octanol–water partition coefficient (Wildman–Crippen LogP) is 1.49. The minimum absolute atomic E-state index is 0.0444. The molecule has 0 bridgehead atoms. The van der Waals surface area contributed by atoms with E-state index in [1.165, 1.54) is 0 Å². The Labute approximate surface area is 119 Å². The van der Waals surface area contributed by atoms with Crippen molar-refractivity contribution in [2.45, 2.75) is 18.9 Å². The van der Waals surface area contributed by atoms with Gasteiger partial charge in [-0.2, -0.15) is 13.1 Å². The SMILES string of the molecule is NC(=S)c1ccc(Br)cc1NS(=O)(=O)NC1CC1. The van der Waals surface area contributed by atoms with Crippen LogP contribution in [0, 0.1) is 0 Å². The zero-order valence-corrected chi connectivity index (χ0v) is 12.5. The Morgan fingerprint density at radius 1 is 1.44 bits per heavy atom. The maximum Gasteiger partial charge on any atom is 0.299 e. The van der Waals surface area contributed by atoms with Gasteiger partial charge < -0.3 is 5.73 Å². The summed E-state index contributed by atoms with van der Waals surface area (Å²) in [5, 5.41) is 0. The Hall–Kier alpha value is -0.700. The highest BCUT2D eigenvalue weighted by Crippen LogP contribution is 2.24. The van der Waals surface area contributed by atoms with E-state index in [1.54, 1.807) is 18.2 Å². The van der Waals surface area contributed by atoms with E-state index >= 15 is 0 Å². The van der Waals surface area contributed by atoms with Gasteiger partial charge in [0.2, 0.25) is 0 Å². The number of benzene rings is 1. The van der Waals surface area contributed by atoms with E-state index in [4.69, 9.17) is 18.0 Å². The number of nitrogens with two attached hydrogens (primary N) is 1. The number of hydrogen-bond donors (Lipinski definition) is 3. The maximum absolute atomic E-state index is 11.8. The highest BCUT2D eigenvalue weighted by molar-refractivity contribution is 9.10. The van der Waals surface area contributed by atoms with Crippen LogP contribution in [-0.4, -0.2) is 19.4 Å². The second-order valence-electron chi connectivity index (χ2n) is 4.05. The van der Waals surface area contributed by atoms with Crippen LogP contribution in [0.2, 0.25) is 0 Å². The molecule has 0 spiro atoms. The molecule has 0 aromatic heterocycles. The summed E-state index contributed by atoms with van der Waals surface area (Å²) in [6.45, 7) is 0. The van der Waals surface area contributed by atoms with Crippen molar-refractivity contribution < 1.29 is 8.42 Å². The van der Waals surface area contributed by atoms with Crippen LogP contribution in [0.3, 0.4) is 0 Å². The van der Waals surface area contributed by atoms with E-state index in [0.717, 1.165) is 17.3 Å². The topological polar surface area (TPSA) is 84.2 Å². The molecule has 0 saturated heterocycles. The van der Waals surface area contributed by atoms with Crippen molar-refractivity contribution in [3.8, 4) is 0 Å². The van der Waals surface area contributed by atoms with Crippen LogP contribution in [-0.2, 0) is 10.2 Å². The van der Waals surface area contributed by atoms with Crippen molar-refractivity contribution in [3.63, 3.8) is 0 Å². The second kappa shape index (κ2) is 5.12. The maximum atomic E-state index is 11.8. The van der Waals surface area contributed by atoms with Crippen LogP contribution in [0.25, 0.3) is 0 Å². The van der Waals surface area contributed by atoms with Gasteiger partial charge in [-0.1, -0.05) is 28.1 Å². The van der Waals surface area contributed by atoms with Crippen LogP contribution in [0.5, 0.6) is 0 Å². The summed E-state index contributed by atoms with van der Waals surface area (Å²) in [5.74, 6) is 0. The Morgan fingerprint density at radius 2 is 2.11 bits per heavy atom. The van der Waals surface area contributed by atoms with Crippen LogP contribution in [0.15, 0.2) is 22.7 Å². The molecular formula is C10H12BrN3O2S2. The third-order valence-corrected chi connectivity index (χ3v) is 4.24. The van der Waals surface area contributed by atoms with Gasteiger partial charge in [-0.25, -0.2) is 0 Å². The van der Waals surface area contributed by atoms with Gasteiger partial charge >= 0.3 is 0 Å². The lowest BCUT2D eigenvalue weighted by Crippen LogP contribution is -2.32. The van der Waals surface area contributed by atoms with Crippen LogP contribution < -0.4 is 15.2 Å². The van der Waals surface area contributed by atoms with Crippen LogP contribution in [0.4, 0.5) is 5.69 Å². The standard InChI is InChI=1S/C10H12BrN3O2S2/c11-6-1-4-8(10(12)17)9(5-6)14-18(15,16)13-7-2-3-7/h1,4-5,7,13-14H,2-3H2,(H2,12,17). The lowest BCUT2D eigenvalue weighted by molar-refractivity contribution is 0.586. The number of halogens is 1. The molecule has 4 N–H and O–H groups in total. The Balaban J connectivity index is 2.26. The summed E-state index contributed by atoms with van der Waals surface area (Å²) < 4.78 is 29.3. The van der Waals surface area contributed by atoms with Crippen molar-refractivity contribution in [1.82, 2.24) is 4.72 Å². The third kappa shape index (κ3) is 3.64. The first-order valence-electron chi connectivity index (χ1n) is 5.27. The van der Waals surface area contributed by atoms with Gasteiger partial charge in [-0.05, 0) is 31.0 Å². The van der Waals surface area contributed by atoms with E-state index in [2.05, 4.69) is 25.4 Å². The van der Waals surface area contributed by atoms with Crippen LogP contribution >= 0.6 is 28.1 Å². The van der Waals surface area contributed by atoms with Crippen molar-refractivity contribution in [2.24, 2.45) is 5.73 Å². The molecule has 0 heterocycles. The molecule has 1 aliphatic carbocycles. The molecule has 0 unspecified atom stereocenters. The van der Waals surface area contributed by atoms with Crippen molar-refractivity contribution in [2.75, 3.05) is 4.72 Å². The molecular weight excluding hydrogens is 338 g/mol. The van der Waals surface area contributed by atoms with Crippen molar-refractivity contribution in [3.05, 3.63) is 28.2 Å². The summed E-state index contributed by atoms with van der Waals surface area (Å²) in [5.41, 5.74) is 6.42. The molecule has 1 aromatic rings. The Bertz CT molecular complexity index is 585. The quantitative estimate of drug-likeness (QED) is 0.703. The molecule has 2 rings (SSSR count). The minimum Gasteiger partial charge on any atom is -0.389 e. The van der Waals surface area contributed by atoms with Gasteiger partial charge in [0.15, 0.2) is 0 Å². The predicted molar refractivity (Wildman–Crippen MR) is 78.7 cm³/mol. The van der Waals surface area contributed by atoms with Gasteiger partial charge in [-0.15, -0.1) is 0 Å². The van der Waals surface area contributed by atoms with Crippen LogP contribution in [0.1, 0.15) is 18.4 Å². The zero-order valence-electron chi connectivity index (χ0n) is 9.31. The van der Waals surface area contributed by atoms with Crippen molar-refractivity contribution >= 4 is 49.0 Å². The first kappa shape index (κ1) is 13.7. The molecule has 0 atom stereocenters. The summed E-state index contributed by atoms with van der Waals surface area (Å²) >= 11 is 8.17. The summed E-state index contributed by atoms with van der Waals surface area (Å²) in [4.78, 5) is 0.145. The lowest BCUT2D eigenvalue weighted by Gasteiger charge is -2.12. The van der Waals surface area contributed by atoms with Gasteiger partial charge in [-0.3, -0.25) is 4.72 Å². The summed E-state index contributed by atoms with van der Waals surface area (Å²) in [6, 6.07) is 5.09. The molecule has 1 saturated carbocycles. The average molecular weight is 350 g/mol. The molecule has 5 nitrogen and oxygen atoms in total. The van der Waals surface area contributed by atoms with E-state index in [9.17, 15) is 8.42 Å². The molecule has 1 aliphatic rings. The number of hydrogen-bond acceptors (Lipinski definition) is 3.